The number of rotatable bonds is 6. The normalized spacial score (nSPS) is 12.0. The molecule has 1 heterocycles. The molecule has 0 spiro atoms. The molecule has 1 unspecified atom stereocenters. The molecule has 0 N–H and O–H groups in total. The number of carbonyl (C=O) groups is 1. The largest absolute Gasteiger partial charge is 0.497 e. The van der Waals surface area contributed by atoms with E-state index in [1.54, 1.807) is 21.0 Å². The fourth-order valence-corrected chi connectivity index (χ4v) is 2.71. The number of esters is 1. The second-order valence-electron chi connectivity index (χ2n) is 4.61. The van der Waals surface area contributed by atoms with E-state index in [1.165, 1.54) is 11.8 Å². The molecule has 2 aromatic rings. The van der Waals surface area contributed by atoms with Gasteiger partial charge in [-0.05, 0) is 26.0 Å². The number of methoxy groups -OCH3 is 1. The number of benzene rings is 1. The summed E-state index contributed by atoms with van der Waals surface area (Å²) in [4.78, 5) is 11.7. The second kappa shape index (κ2) is 7.31. The quantitative estimate of drug-likeness (QED) is 0.602. The standard InChI is InChI=1S/C15H19N3O3S/c1-5-21-14(19)10(2)22-15-17-16-13(18(15)3)11-7-6-8-12(9-11)20-4/h6-10H,5H2,1-4H3. The van der Waals surface area contributed by atoms with Crippen LogP contribution in [0.3, 0.4) is 0 Å². The van der Waals surface area contributed by atoms with Gasteiger partial charge in [-0.3, -0.25) is 4.79 Å². The zero-order valence-corrected chi connectivity index (χ0v) is 13.9. The van der Waals surface area contributed by atoms with Crippen molar-refractivity contribution < 1.29 is 14.3 Å². The van der Waals surface area contributed by atoms with Gasteiger partial charge in [-0.2, -0.15) is 0 Å². The van der Waals surface area contributed by atoms with E-state index in [2.05, 4.69) is 10.2 Å². The van der Waals surface area contributed by atoms with E-state index in [1.807, 2.05) is 35.9 Å². The highest BCUT2D eigenvalue weighted by atomic mass is 32.2. The molecular formula is C15H19N3O3S. The molecule has 0 bridgehead atoms. The maximum Gasteiger partial charge on any atom is 0.319 e. The van der Waals surface area contributed by atoms with Gasteiger partial charge in [0.25, 0.3) is 0 Å². The van der Waals surface area contributed by atoms with Crippen molar-refractivity contribution >= 4 is 17.7 Å². The summed E-state index contributed by atoms with van der Waals surface area (Å²) in [5.41, 5.74) is 0.907. The third-order valence-corrected chi connectivity index (χ3v) is 4.18. The van der Waals surface area contributed by atoms with Gasteiger partial charge in [0, 0.05) is 12.6 Å². The van der Waals surface area contributed by atoms with Crippen LogP contribution in [-0.2, 0) is 16.6 Å². The van der Waals surface area contributed by atoms with E-state index < -0.39 is 0 Å². The smallest absolute Gasteiger partial charge is 0.319 e. The Balaban J connectivity index is 2.20. The van der Waals surface area contributed by atoms with E-state index in [0.29, 0.717) is 11.8 Å². The first-order valence-electron chi connectivity index (χ1n) is 6.94. The van der Waals surface area contributed by atoms with Crippen LogP contribution in [0.1, 0.15) is 13.8 Å². The molecule has 1 aromatic heterocycles. The molecule has 0 saturated carbocycles. The van der Waals surface area contributed by atoms with E-state index in [0.717, 1.165) is 17.1 Å². The van der Waals surface area contributed by atoms with E-state index in [-0.39, 0.29) is 11.2 Å². The zero-order valence-electron chi connectivity index (χ0n) is 13.1. The minimum absolute atomic E-state index is 0.251. The van der Waals surface area contributed by atoms with Gasteiger partial charge in [-0.25, -0.2) is 0 Å². The molecule has 0 aliphatic rings. The maximum absolute atomic E-state index is 11.7. The Labute approximate surface area is 133 Å². The number of aromatic nitrogens is 3. The zero-order chi connectivity index (χ0) is 16.1. The summed E-state index contributed by atoms with van der Waals surface area (Å²) in [5, 5.41) is 8.69. The number of hydrogen-bond donors (Lipinski definition) is 0. The number of hydrogen-bond acceptors (Lipinski definition) is 6. The molecule has 22 heavy (non-hydrogen) atoms. The van der Waals surface area contributed by atoms with Crippen LogP contribution in [0, 0.1) is 0 Å². The topological polar surface area (TPSA) is 66.2 Å². The van der Waals surface area contributed by atoms with Crippen LogP contribution in [0.4, 0.5) is 0 Å². The van der Waals surface area contributed by atoms with Crippen LogP contribution in [0.2, 0.25) is 0 Å². The average molecular weight is 321 g/mol. The third kappa shape index (κ3) is 3.59. The Hall–Kier alpha value is -2.02. The highest BCUT2D eigenvalue weighted by Crippen LogP contribution is 2.27. The molecule has 7 heteroatoms. The summed E-state index contributed by atoms with van der Waals surface area (Å²) < 4.78 is 12.1. The number of thioether (sulfide) groups is 1. The summed E-state index contributed by atoms with van der Waals surface area (Å²) in [6.07, 6.45) is 0. The lowest BCUT2D eigenvalue weighted by atomic mass is 10.2. The Morgan fingerprint density at radius 2 is 2.18 bits per heavy atom. The van der Waals surface area contributed by atoms with Crippen molar-refractivity contribution in [2.45, 2.75) is 24.3 Å². The van der Waals surface area contributed by atoms with Gasteiger partial charge in [-0.15, -0.1) is 10.2 Å². The molecule has 6 nitrogen and oxygen atoms in total. The molecule has 0 radical (unpaired) electrons. The first-order chi connectivity index (χ1) is 10.6. The summed E-state index contributed by atoms with van der Waals surface area (Å²) in [5.74, 6) is 1.23. The molecular weight excluding hydrogens is 302 g/mol. The maximum atomic E-state index is 11.7. The fraction of sp³-hybridized carbons (Fsp3) is 0.400. The van der Waals surface area contributed by atoms with E-state index in [9.17, 15) is 4.79 Å². The third-order valence-electron chi connectivity index (χ3n) is 3.06. The van der Waals surface area contributed by atoms with Gasteiger partial charge in [0.15, 0.2) is 11.0 Å². The molecule has 0 amide bonds. The van der Waals surface area contributed by atoms with Gasteiger partial charge >= 0.3 is 5.97 Å². The minimum Gasteiger partial charge on any atom is -0.497 e. The second-order valence-corrected chi connectivity index (χ2v) is 5.92. The van der Waals surface area contributed by atoms with Crippen LogP contribution >= 0.6 is 11.8 Å². The lowest BCUT2D eigenvalue weighted by molar-refractivity contribution is -0.142. The molecule has 1 aromatic carbocycles. The molecule has 1 atom stereocenters. The van der Waals surface area contributed by atoms with Crippen LogP contribution in [-0.4, -0.2) is 39.7 Å². The highest BCUT2D eigenvalue weighted by molar-refractivity contribution is 8.00. The van der Waals surface area contributed by atoms with Crippen molar-refractivity contribution in [3.05, 3.63) is 24.3 Å². The van der Waals surface area contributed by atoms with Crippen LogP contribution < -0.4 is 4.74 Å². The lowest BCUT2D eigenvalue weighted by Gasteiger charge is -2.10. The molecule has 0 aliphatic heterocycles. The Bertz CT molecular complexity index is 657. The van der Waals surface area contributed by atoms with Gasteiger partial charge in [0.2, 0.25) is 0 Å². The minimum atomic E-state index is -0.332. The van der Waals surface area contributed by atoms with Crippen molar-refractivity contribution in [3.63, 3.8) is 0 Å². The van der Waals surface area contributed by atoms with Crippen LogP contribution in [0.5, 0.6) is 5.75 Å². The molecule has 0 aliphatic carbocycles. The first-order valence-corrected chi connectivity index (χ1v) is 7.81. The van der Waals surface area contributed by atoms with Crippen LogP contribution in [0.25, 0.3) is 11.4 Å². The van der Waals surface area contributed by atoms with Crippen molar-refractivity contribution in [2.24, 2.45) is 7.05 Å². The average Bonchev–Trinajstić information content (AvgIpc) is 2.88. The number of nitrogens with zero attached hydrogens (tertiary/aromatic N) is 3. The molecule has 0 fully saturated rings. The summed E-state index contributed by atoms with van der Waals surface area (Å²) in [7, 11) is 3.49. The Morgan fingerprint density at radius 3 is 2.86 bits per heavy atom. The summed E-state index contributed by atoms with van der Waals surface area (Å²) >= 11 is 1.33. The predicted molar refractivity (Wildman–Crippen MR) is 84.9 cm³/mol. The fourth-order valence-electron chi connectivity index (χ4n) is 1.90. The van der Waals surface area contributed by atoms with Crippen LogP contribution in [0.15, 0.2) is 29.4 Å². The highest BCUT2D eigenvalue weighted by Gasteiger charge is 2.20. The van der Waals surface area contributed by atoms with E-state index >= 15 is 0 Å². The first kappa shape index (κ1) is 16.4. The van der Waals surface area contributed by atoms with Crippen molar-refractivity contribution in [1.29, 1.82) is 0 Å². The summed E-state index contributed by atoms with van der Waals surface area (Å²) in [6, 6.07) is 7.61. The van der Waals surface area contributed by atoms with E-state index in [4.69, 9.17) is 9.47 Å². The van der Waals surface area contributed by atoms with Gasteiger partial charge in [0.1, 0.15) is 11.0 Å². The van der Waals surface area contributed by atoms with Crippen molar-refractivity contribution in [3.8, 4) is 17.1 Å². The summed E-state index contributed by atoms with van der Waals surface area (Å²) in [6.45, 7) is 3.96. The lowest BCUT2D eigenvalue weighted by Crippen LogP contribution is -2.17. The molecule has 2 rings (SSSR count). The van der Waals surface area contributed by atoms with Crippen molar-refractivity contribution in [1.82, 2.24) is 14.8 Å². The number of carbonyl (C=O) groups excluding carboxylic acids is 1. The Kier molecular flexibility index (Phi) is 5.43. The molecule has 0 saturated heterocycles. The molecule has 118 valence electrons. The monoisotopic (exact) mass is 321 g/mol. The van der Waals surface area contributed by atoms with Gasteiger partial charge in [-0.1, -0.05) is 23.9 Å². The van der Waals surface area contributed by atoms with Gasteiger partial charge in [0.05, 0.1) is 13.7 Å². The number of ether oxygens (including phenoxy) is 2. The predicted octanol–water partition coefficient (Wildman–Crippen LogP) is 2.53. The van der Waals surface area contributed by atoms with Crippen molar-refractivity contribution in [2.75, 3.05) is 13.7 Å². The Morgan fingerprint density at radius 1 is 1.41 bits per heavy atom. The van der Waals surface area contributed by atoms with Gasteiger partial charge < -0.3 is 14.0 Å². The SMILES string of the molecule is CCOC(=O)C(C)Sc1nnc(-c2cccc(OC)c2)n1C.